The summed E-state index contributed by atoms with van der Waals surface area (Å²) in [6, 6.07) is 15.9. The van der Waals surface area contributed by atoms with E-state index in [1.165, 1.54) is 0 Å². The van der Waals surface area contributed by atoms with Gasteiger partial charge in [-0.15, -0.1) is 10.2 Å². The van der Waals surface area contributed by atoms with Crippen LogP contribution in [-0.2, 0) is 11.3 Å². The Bertz CT molecular complexity index is 940. The normalized spacial score (nSPS) is 10.4. The SMILES string of the molecule is CCCCOc1ccc(-c2nnn(CC(=O)NNC(=O)c3ccccc3)n2)cc1. The lowest BCUT2D eigenvalue weighted by Gasteiger charge is -2.06. The molecule has 2 N–H and O–H groups in total. The largest absolute Gasteiger partial charge is 0.494 e. The number of ether oxygens (including phenoxy) is 1. The third-order valence-electron chi connectivity index (χ3n) is 3.97. The summed E-state index contributed by atoms with van der Waals surface area (Å²) in [6.45, 7) is 2.61. The Morgan fingerprint density at radius 2 is 1.79 bits per heavy atom. The molecular formula is C20H22N6O3. The number of aromatic nitrogens is 4. The predicted molar refractivity (Wildman–Crippen MR) is 106 cm³/mol. The maximum atomic E-state index is 12.0. The maximum absolute atomic E-state index is 12.0. The van der Waals surface area contributed by atoms with E-state index in [4.69, 9.17) is 4.74 Å². The van der Waals surface area contributed by atoms with Crippen LogP contribution in [0.2, 0.25) is 0 Å². The highest BCUT2D eigenvalue weighted by Gasteiger charge is 2.11. The van der Waals surface area contributed by atoms with Crippen LogP contribution >= 0.6 is 0 Å². The van der Waals surface area contributed by atoms with Crippen LogP contribution in [0, 0.1) is 0 Å². The summed E-state index contributed by atoms with van der Waals surface area (Å²) in [5, 5.41) is 12.0. The Labute approximate surface area is 168 Å². The first-order valence-electron chi connectivity index (χ1n) is 9.31. The fourth-order valence-corrected chi connectivity index (χ4v) is 2.42. The van der Waals surface area contributed by atoms with Crippen LogP contribution in [0.1, 0.15) is 30.1 Å². The summed E-state index contributed by atoms with van der Waals surface area (Å²) < 4.78 is 5.62. The average molecular weight is 394 g/mol. The highest BCUT2D eigenvalue weighted by molar-refractivity contribution is 5.95. The summed E-state index contributed by atoms with van der Waals surface area (Å²) >= 11 is 0. The second-order valence-corrected chi connectivity index (χ2v) is 6.24. The number of hydrogen-bond acceptors (Lipinski definition) is 6. The molecule has 0 unspecified atom stereocenters. The van der Waals surface area contributed by atoms with Crippen LogP contribution < -0.4 is 15.6 Å². The van der Waals surface area contributed by atoms with Crippen LogP contribution in [0.15, 0.2) is 54.6 Å². The van der Waals surface area contributed by atoms with Crippen molar-refractivity contribution in [2.45, 2.75) is 26.3 Å². The summed E-state index contributed by atoms with van der Waals surface area (Å²) in [7, 11) is 0. The topological polar surface area (TPSA) is 111 Å². The van der Waals surface area contributed by atoms with Crippen molar-refractivity contribution in [3.05, 3.63) is 60.2 Å². The molecule has 0 aliphatic carbocycles. The number of amides is 2. The Kier molecular flexibility index (Phi) is 6.88. The van der Waals surface area contributed by atoms with Gasteiger partial charge in [0, 0.05) is 11.1 Å². The fourth-order valence-electron chi connectivity index (χ4n) is 2.42. The van der Waals surface area contributed by atoms with Gasteiger partial charge >= 0.3 is 0 Å². The third-order valence-corrected chi connectivity index (χ3v) is 3.97. The highest BCUT2D eigenvalue weighted by atomic mass is 16.5. The first-order valence-corrected chi connectivity index (χ1v) is 9.31. The van der Waals surface area contributed by atoms with Gasteiger partial charge in [0.15, 0.2) is 0 Å². The molecule has 0 aliphatic heterocycles. The fraction of sp³-hybridized carbons (Fsp3) is 0.250. The number of hydrogen-bond donors (Lipinski definition) is 2. The summed E-state index contributed by atoms with van der Waals surface area (Å²) in [5.74, 6) is 0.291. The third kappa shape index (κ3) is 5.86. The van der Waals surface area contributed by atoms with Gasteiger partial charge in [0.25, 0.3) is 11.8 Å². The molecule has 0 atom stereocenters. The van der Waals surface area contributed by atoms with Crippen molar-refractivity contribution in [1.82, 2.24) is 31.1 Å². The van der Waals surface area contributed by atoms with Gasteiger partial charge in [0.2, 0.25) is 5.82 Å². The molecule has 3 aromatic rings. The van der Waals surface area contributed by atoms with E-state index < -0.39 is 11.8 Å². The highest BCUT2D eigenvalue weighted by Crippen LogP contribution is 2.18. The number of nitrogens with zero attached hydrogens (tertiary/aromatic N) is 4. The van der Waals surface area contributed by atoms with Gasteiger partial charge in [0.1, 0.15) is 12.3 Å². The molecule has 2 aromatic carbocycles. The molecule has 0 saturated heterocycles. The minimum atomic E-state index is -0.474. The molecule has 0 spiro atoms. The Morgan fingerprint density at radius 3 is 2.52 bits per heavy atom. The van der Waals surface area contributed by atoms with E-state index in [-0.39, 0.29) is 6.54 Å². The number of rotatable bonds is 8. The van der Waals surface area contributed by atoms with Gasteiger partial charge in [-0.3, -0.25) is 20.4 Å². The van der Waals surface area contributed by atoms with Crippen LogP contribution in [0.4, 0.5) is 0 Å². The lowest BCUT2D eigenvalue weighted by atomic mass is 10.2. The average Bonchev–Trinajstić information content (AvgIpc) is 3.21. The van der Waals surface area contributed by atoms with E-state index in [0.717, 1.165) is 29.0 Å². The number of nitrogens with one attached hydrogen (secondary N) is 2. The molecule has 2 amide bonds. The van der Waals surface area contributed by atoms with Crippen molar-refractivity contribution < 1.29 is 14.3 Å². The van der Waals surface area contributed by atoms with Gasteiger partial charge in [-0.05, 0) is 48.0 Å². The smallest absolute Gasteiger partial charge is 0.269 e. The summed E-state index contributed by atoms with van der Waals surface area (Å²) in [5.41, 5.74) is 5.87. The van der Waals surface area contributed by atoms with Gasteiger partial charge in [0.05, 0.1) is 6.61 Å². The van der Waals surface area contributed by atoms with Crippen molar-refractivity contribution in [3.63, 3.8) is 0 Å². The van der Waals surface area contributed by atoms with Crippen molar-refractivity contribution in [2.24, 2.45) is 0 Å². The lowest BCUT2D eigenvalue weighted by molar-refractivity contribution is -0.122. The molecule has 3 rings (SSSR count). The number of hydrazine groups is 1. The van der Waals surface area contributed by atoms with Gasteiger partial charge in [-0.2, -0.15) is 4.80 Å². The standard InChI is InChI=1S/C20H22N6O3/c1-2-3-13-29-17-11-9-15(10-12-17)19-22-25-26(24-19)14-18(27)21-23-20(28)16-7-5-4-6-8-16/h4-12H,2-3,13-14H2,1H3,(H,21,27)(H,23,28). The Hall–Kier alpha value is -3.75. The molecule has 1 heterocycles. The number of tetrazole rings is 1. The van der Waals surface area contributed by atoms with Crippen molar-refractivity contribution in [1.29, 1.82) is 0 Å². The molecule has 9 heteroatoms. The second kappa shape index (κ2) is 9.98. The molecule has 29 heavy (non-hydrogen) atoms. The molecule has 1 aromatic heterocycles. The first kappa shape index (κ1) is 20.0. The van der Waals surface area contributed by atoms with E-state index in [1.54, 1.807) is 30.3 Å². The maximum Gasteiger partial charge on any atom is 0.269 e. The first-order chi connectivity index (χ1) is 14.2. The molecular weight excluding hydrogens is 372 g/mol. The molecule has 0 saturated carbocycles. The van der Waals surface area contributed by atoms with E-state index in [1.807, 2.05) is 24.3 Å². The summed E-state index contributed by atoms with van der Waals surface area (Å²) in [6.07, 6.45) is 2.08. The van der Waals surface area contributed by atoms with Crippen LogP contribution in [0.5, 0.6) is 5.75 Å². The van der Waals surface area contributed by atoms with Crippen molar-refractivity contribution >= 4 is 11.8 Å². The van der Waals surface area contributed by atoms with E-state index in [2.05, 4.69) is 33.2 Å². The Balaban J connectivity index is 1.50. The van der Waals surface area contributed by atoms with Crippen molar-refractivity contribution in [3.8, 4) is 17.1 Å². The van der Waals surface area contributed by atoms with Gasteiger partial charge < -0.3 is 4.74 Å². The van der Waals surface area contributed by atoms with Crippen LogP contribution in [0.3, 0.4) is 0 Å². The van der Waals surface area contributed by atoms with Gasteiger partial charge in [-0.25, -0.2) is 0 Å². The second-order valence-electron chi connectivity index (χ2n) is 6.24. The lowest BCUT2D eigenvalue weighted by Crippen LogP contribution is -2.43. The molecule has 0 bridgehead atoms. The molecule has 0 fully saturated rings. The quantitative estimate of drug-likeness (QED) is 0.446. The molecule has 0 radical (unpaired) electrons. The van der Waals surface area contributed by atoms with Crippen molar-refractivity contribution in [2.75, 3.05) is 6.61 Å². The minimum absolute atomic E-state index is 0.180. The Morgan fingerprint density at radius 1 is 1.03 bits per heavy atom. The van der Waals surface area contributed by atoms with E-state index in [9.17, 15) is 9.59 Å². The predicted octanol–water partition coefficient (Wildman–Crippen LogP) is 1.98. The summed E-state index contributed by atoms with van der Waals surface area (Å²) in [4.78, 5) is 25.1. The van der Waals surface area contributed by atoms with E-state index >= 15 is 0 Å². The van der Waals surface area contributed by atoms with E-state index in [0.29, 0.717) is 18.0 Å². The zero-order valence-corrected chi connectivity index (χ0v) is 16.0. The van der Waals surface area contributed by atoms with Crippen LogP contribution in [-0.4, -0.2) is 38.6 Å². The zero-order valence-electron chi connectivity index (χ0n) is 16.0. The van der Waals surface area contributed by atoms with Gasteiger partial charge in [-0.1, -0.05) is 31.5 Å². The zero-order chi connectivity index (χ0) is 20.5. The molecule has 9 nitrogen and oxygen atoms in total. The van der Waals surface area contributed by atoms with Crippen LogP contribution in [0.25, 0.3) is 11.4 Å². The minimum Gasteiger partial charge on any atom is -0.494 e. The molecule has 150 valence electrons. The monoisotopic (exact) mass is 394 g/mol. The number of carbonyl (C=O) groups is 2. The number of benzene rings is 2. The molecule has 0 aliphatic rings. The number of unbranched alkanes of at least 4 members (excludes halogenated alkanes) is 1. The number of carbonyl (C=O) groups excluding carboxylic acids is 2.